The number of hydrogen-bond acceptors (Lipinski definition) is 5. The first-order valence-corrected chi connectivity index (χ1v) is 7.49. The Kier molecular flexibility index (Phi) is 6.10. The van der Waals surface area contributed by atoms with E-state index in [0.29, 0.717) is 19.6 Å². The molecule has 1 fully saturated rings. The summed E-state index contributed by atoms with van der Waals surface area (Å²) in [6.07, 6.45) is -0.0612. The summed E-state index contributed by atoms with van der Waals surface area (Å²) in [5.41, 5.74) is 1.00. The lowest BCUT2D eigenvalue weighted by Crippen LogP contribution is -2.57. The van der Waals surface area contributed by atoms with Crippen molar-refractivity contribution in [1.82, 2.24) is 15.5 Å². The zero-order valence-electron chi connectivity index (χ0n) is 13.1. The van der Waals surface area contributed by atoms with Crippen molar-refractivity contribution in [2.75, 3.05) is 26.7 Å². The molecule has 7 nitrogen and oxygen atoms in total. The van der Waals surface area contributed by atoms with Crippen molar-refractivity contribution in [3.05, 3.63) is 35.9 Å². The van der Waals surface area contributed by atoms with Crippen molar-refractivity contribution < 1.29 is 19.1 Å². The molecule has 1 aliphatic rings. The smallest absolute Gasteiger partial charge is 0.307 e. The van der Waals surface area contributed by atoms with Crippen LogP contribution in [0.25, 0.3) is 0 Å². The second-order valence-corrected chi connectivity index (χ2v) is 5.32. The third-order valence-electron chi connectivity index (χ3n) is 3.71. The van der Waals surface area contributed by atoms with Gasteiger partial charge in [0.05, 0.1) is 20.1 Å². The lowest BCUT2D eigenvalue weighted by molar-refractivity contribution is -0.146. The predicted molar refractivity (Wildman–Crippen MR) is 83.3 cm³/mol. The van der Waals surface area contributed by atoms with Crippen LogP contribution in [0, 0.1) is 0 Å². The molecule has 0 unspecified atom stereocenters. The first kappa shape index (κ1) is 17.0. The zero-order chi connectivity index (χ0) is 16.7. The van der Waals surface area contributed by atoms with Gasteiger partial charge < -0.3 is 15.4 Å². The molecule has 1 aliphatic heterocycles. The van der Waals surface area contributed by atoms with E-state index in [-0.39, 0.29) is 24.8 Å². The molecule has 1 aromatic rings. The number of rotatable bonds is 6. The van der Waals surface area contributed by atoms with E-state index < -0.39 is 12.0 Å². The molecule has 1 atom stereocenters. The Labute approximate surface area is 135 Å². The number of amides is 2. The third-order valence-corrected chi connectivity index (χ3v) is 3.71. The van der Waals surface area contributed by atoms with Gasteiger partial charge in [-0.25, -0.2) is 0 Å². The molecule has 0 saturated carbocycles. The number of piperazine rings is 1. The van der Waals surface area contributed by atoms with Gasteiger partial charge in [-0.15, -0.1) is 0 Å². The predicted octanol–water partition coefficient (Wildman–Crippen LogP) is -0.334. The number of carbonyl (C=O) groups excluding carboxylic acids is 3. The highest BCUT2D eigenvalue weighted by atomic mass is 16.5. The van der Waals surface area contributed by atoms with Gasteiger partial charge >= 0.3 is 5.97 Å². The summed E-state index contributed by atoms with van der Waals surface area (Å²) in [5, 5.41) is 5.52. The first-order valence-electron chi connectivity index (χ1n) is 7.49. The highest BCUT2D eigenvalue weighted by Gasteiger charge is 2.32. The van der Waals surface area contributed by atoms with Gasteiger partial charge in [-0.2, -0.15) is 0 Å². The minimum Gasteiger partial charge on any atom is -0.469 e. The molecule has 0 bridgehead atoms. The molecule has 7 heteroatoms. The molecule has 1 saturated heterocycles. The lowest BCUT2D eigenvalue weighted by Gasteiger charge is -2.33. The van der Waals surface area contributed by atoms with Gasteiger partial charge in [0.2, 0.25) is 11.8 Å². The summed E-state index contributed by atoms with van der Waals surface area (Å²) >= 11 is 0. The molecular formula is C16H21N3O4. The Morgan fingerprint density at radius 2 is 2.09 bits per heavy atom. The lowest BCUT2D eigenvalue weighted by atomic mass is 10.1. The maximum absolute atomic E-state index is 12.1. The minimum absolute atomic E-state index is 0.0612. The van der Waals surface area contributed by atoms with Crippen molar-refractivity contribution in [2.24, 2.45) is 0 Å². The van der Waals surface area contributed by atoms with Crippen molar-refractivity contribution in [1.29, 1.82) is 0 Å². The van der Waals surface area contributed by atoms with Crippen molar-refractivity contribution in [3.63, 3.8) is 0 Å². The van der Waals surface area contributed by atoms with E-state index in [2.05, 4.69) is 15.4 Å². The molecule has 1 aromatic carbocycles. The number of benzene rings is 1. The maximum Gasteiger partial charge on any atom is 0.307 e. The standard InChI is InChI=1S/C16H21N3O4/c1-23-15(21)9-13-16(22)17-7-8-19(13)11-14(20)18-10-12-5-3-2-4-6-12/h2-6,13H,7-11H2,1H3,(H,17,22)(H,18,20)/t13-/m1/s1. The number of esters is 1. The van der Waals surface area contributed by atoms with Gasteiger partial charge in [0, 0.05) is 19.6 Å². The van der Waals surface area contributed by atoms with E-state index in [9.17, 15) is 14.4 Å². The Bertz CT molecular complexity index is 562. The molecular weight excluding hydrogens is 298 g/mol. The van der Waals surface area contributed by atoms with E-state index in [0.717, 1.165) is 5.56 Å². The van der Waals surface area contributed by atoms with E-state index in [1.54, 1.807) is 4.90 Å². The zero-order valence-corrected chi connectivity index (χ0v) is 13.1. The van der Waals surface area contributed by atoms with Gasteiger partial charge in [0.25, 0.3) is 0 Å². The number of nitrogens with one attached hydrogen (secondary N) is 2. The van der Waals surface area contributed by atoms with Crippen LogP contribution in [0.5, 0.6) is 0 Å². The average Bonchev–Trinajstić information content (AvgIpc) is 2.57. The Morgan fingerprint density at radius 3 is 2.78 bits per heavy atom. The van der Waals surface area contributed by atoms with Crippen molar-refractivity contribution >= 4 is 17.8 Å². The van der Waals surface area contributed by atoms with Crippen LogP contribution in [0.4, 0.5) is 0 Å². The summed E-state index contributed by atoms with van der Waals surface area (Å²) < 4.78 is 4.61. The van der Waals surface area contributed by atoms with Crippen LogP contribution in [0.15, 0.2) is 30.3 Å². The van der Waals surface area contributed by atoms with Crippen LogP contribution in [0.1, 0.15) is 12.0 Å². The molecule has 2 amide bonds. The number of carbonyl (C=O) groups is 3. The van der Waals surface area contributed by atoms with Crippen LogP contribution in [0.3, 0.4) is 0 Å². The van der Waals surface area contributed by atoms with Crippen LogP contribution >= 0.6 is 0 Å². The molecule has 0 aliphatic carbocycles. The fourth-order valence-electron chi connectivity index (χ4n) is 2.45. The SMILES string of the molecule is COC(=O)C[C@@H]1C(=O)NCCN1CC(=O)NCc1ccccc1. The maximum atomic E-state index is 12.1. The average molecular weight is 319 g/mol. The van der Waals surface area contributed by atoms with Gasteiger partial charge in [-0.3, -0.25) is 19.3 Å². The largest absolute Gasteiger partial charge is 0.469 e. The van der Waals surface area contributed by atoms with E-state index in [4.69, 9.17) is 0 Å². The molecule has 0 radical (unpaired) electrons. The first-order chi connectivity index (χ1) is 11.1. The molecule has 2 rings (SSSR count). The van der Waals surface area contributed by atoms with Crippen LogP contribution in [0.2, 0.25) is 0 Å². The summed E-state index contributed by atoms with van der Waals surface area (Å²) in [6.45, 7) is 1.48. The number of methoxy groups -OCH3 is 1. The Hall–Kier alpha value is -2.41. The molecule has 1 heterocycles. The summed E-state index contributed by atoms with van der Waals surface area (Å²) in [5.74, 6) is -0.905. The second-order valence-electron chi connectivity index (χ2n) is 5.32. The van der Waals surface area contributed by atoms with Crippen molar-refractivity contribution in [3.8, 4) is 0 Å². The summed E-state index contributed by atoms with van der Waals surface area (Å²) in [4.78, 5) is 37.2. The van der Waals surface area contributed by atoms with Gasteiger partial charge in [-0.1, -0.05) is 30.3 Å². The third kappa shape index (κ3) is 5.07. The minimum atomic E-state index is -0.668. The van der Waals surface area contributed by atoms with Gasteiger partial charge in [0.15, 0.2) is 0 Å². The van der Waals surface area contributed by atoms with E-state index >= 15 is 0 Å². The quantitative estimate of drug-likeness (QED) is 0.701. The number of ether oxygens (including phenoxy) is 1. The molecule has 124 valence electrons. The highest BCUT2D eigenvalue weighted by Crippen LogP contribution is 2.09. The van der Waals surface area contributed by atoms with Crippen LogP contribution in [-0.2, 0) is 25.7 Å². The fourth-order valence-corrected chi connectivity index (χ4v) is 2.45. The molecule has 23 heavy (non-hydrogen) atoms. The topological polar surface area (TPSA) is 87.7 Å². The Balaban J connectivity index is 1.89. The van der Waals surface area contributed by atoms with Gasteiger partial charge in [-0.05, 0) is 5.56 Å². The molecule has 2 N–H and O–H groups in total. The van der Waals surface area contributed by atoms with Crippen LogP contribution < -0.4 is 10.6 Å². The normalized spacial score (nSPS) is 18.1. The second kappa shape index (κ2) is 8.28. The van der Waals surface area contributed by atoms with E-state index in [1.807, 2.05) is 30.3 Å². The summed E-state index contributed by atoms with van der Waals surface area (Å²) in [7, 11) is 1.28. The highest BCUT2D eigenvalue weighted by molar-refractivity contribution is 5.88. The Morgan fingerprint density at radius 1 is 1.35 bits per heavy atom. The number of nitrogens with zero attached hydrogens (tertiary/aromatic N) is 1. The van der Waals surface area contributed by atoms with E-state index in [1.165, 1.54) is 7.11 Å². The monoisotopic (exact) mass is 319 g/mol. The molecule has 0 spiro atoms. The van der Waals surface area contributed by atoms with Gasteiger partial charge in [0.1, 0.15) is 6.04 Å². The van der Waals surface area contributed by atoms with Crippen LogP contribution in [-0.4, -0.2) is 55.5 Å². The molecule has 0 aromatic heterocycles. The fraction of sp³-hybridized carbons (Fsp3) is 0.438. The summed E-state index contributed by atoms with van der Waals surface area (Å²) in [6, 6.07) is 8.91. The van der Waals surface area contributed by atoms with Crippen molar-refractivity contribution in [2.45, 2.75) is 19.0 Å². The number of hydrogen-bond donors (Lipinski definition) is 2.